The monoisotopic (exact) mass is 259 g/mol. The Kier molecular flexibility index (Phi) is 3.67. The van der Waals surface area contributed by atoms with E-state index < -0.39 is 6.04 Å². The van der Waals surface area contributed by atoms with Gasteiger partial charge in [0.15, 0.2) is 5.78 Å². The maximum atomic E-state index is 12.0. The summed E-state index contributed by atoms with van der Waals surface area (Å²) < 4.78 is 0. The Morgan fingerprint density at radius 2 is 2.22 bits per heavy atom. The summed E-state index contributed by atoms with van der Waals surface area (Å²) in [4.78, 5) is 24.1. The summed E-state index contributed by atoms with van der Waals surface area (Å²) >= 11 is 4.94. The minimum Gasteiger partial charge on any atom is -0.338 e. The fourth-order valence-corrected chi connectivity index (χ4v) is 2.02. The predicted octanol–water partition coefficient (Wildman–Crippen LogP) is 1.99. The summed E-state index contributed by atoms with van der Waals surface area (Å²) in [5.74, 6) is -0.445. The normalized spacial score (nSPS) is 18.8. The van der Waals surface area contributed by atoms with Crippen LogP contribution in [0.3, 0.4) is 0 Å². The highest BCUT2D eigenvalue weighted by Gasteiger charge is 2.24. The Hall–Kier alpha value is -1.81. The first-order valence-electron chi connectivity index (χ1n) is 5.69. The zero-order valence-electron chi connectivity index (χ0n) is 9.97. The van der Waals surface area contributed by atoms with Gasteiger partial charge in [-0.2, -0.15) is 0 Å². The lowest BCUT2D eigenvalue weighted by atomic mass is 10.0. The standard InChI is InChI=1S/C14H13NO2S/c1-9-4-2-5-10(8-9)14(17)15-11-6-3-7-12(18)13(11)16/h2-6,8,11H,7H2,1H3,(H,15,17). The first-order chi connectivity index (χ1) is 8.58. The van der Waals surface area contributed by atoms with E-state index >= 15 is 0 Å². The van der Waals surface area contributed by atoms with Crippen LogP contribution < -0.4 is 5.32 Å². The number of rotatable bonds is 2. The number of hydrogen-bond donors (Lipinski definition) is 1. The molecule has 2 rings (SSSR count). The third-order valence-corrected chi connectivity index (χ3v) is 3.12. The third kappa shape index (κ3) is 2.71. The molecule has 1 aromatic carbocycles. The van der Waals surface area contributed by atoms with Gasteiger partial charge in [-0.15, -0.1) is 0 Å². The molecule has 0 fully saturated rings. The van der Waals surface area contributed by atoms with E-state index in [-0.39, 0.29) is 11.7 Å². The van der Waals surface area contributed by atoms with E-state index in [1.54, 1.807) is 18.2 Å². The molecule has 1 atom stereocenters. The SMILES string of the molecule is Cc1cccc(C(=O)NC2C=CCC(=S)C2=O)c1. The number of carbonyl (C=O) groups excluding carboxylic acids is 2. The van der Waals surface area contributed by atoms with Gasteiger partial charge in [0.1, 0.15) is 6.04 Å². The predicted molar refractivity (Wildman–Crippen MR) is 73.8 cm³/mol. The average Bonchev–Trinajstić information content (AvgIpc) is 2.35. The molecule has 1 aliphatic carbocycles. The van der Waals surface area contributed by atoms with Crippen LogP contribution in [0, 0.1) is 6.92 Å². The summed E-state index contributed by atoms with van der Waals surface area (Å²) in [5, 5.41) is 2.68. The van der Waals surface area contributed by atoms with E-state index in [0.717, 1.165) is 5.56 Å². The van der Waals surface area contributed by atoms with Gasteiger partial charge >= 0.3 is 0 Å². The maximum Gasteiger partial charge on any atom is 0.252 e. The number of amides is 1. The van der Waals surface area contributed by atoms with Crippen LogP contribution >= 0.6 is 12.2 Å². The quantitative estimate of drug-likeness (QED) is 0.652. The molecule has 0 aliphatic heterocycles. The largest absolute Gasteiger partial charge is 0.338 e. The van der Waals surface area contributed by atoms with Crippen molar-refractivity contribution in [2.75, 3.05) is 0 Å². The van der Waals surface area contributed by atoms with Gasteiger partial charge in [0.25, 0.3) is 5.91 Å². The number of thiocarbonyl (C=S) groups is 1. The first kappa shape index (κ1) is 12.6. The van der Waals surface area contributed by atoms with Gasteiger partial charge < -0.3 is 5.32 Å². The van der Waals surface area contributed by atoms with Crippen molar-refractivity contribution < 1.29 is 9.59 Å². The molecule has 0 spiro atoms. The summed E-state index contributed by atoms with van der Waals surface area (Å²) in [6.07, 6.45) is 3.99. The highest BCUT2D eigenvalue weighted by atomic mass is 32.1. The number of allylic oxidation sites excluding steroid dienone is 1. The number of ketones is 1. The highest BCUT2D eigenvalue weighted by molar-refractivity contribution is 7.82. The number of aryl methyl sites for hydroxylation is 1. The van der Waals surface area contributed by atoms with Crippen molar-refractivity contribution in [3.8, 4) is 0 Å². The van der Waals surface area contributed by atoms with Crippen LogP contribution in [-0.4, -0.2) is 22.6 Å². The minimum atomic E-state index is -0.626. The van der Waals surface area contributed by atoms with Crippen LogP contribution in [0.15, 0.2) is 36.4 Å². The Bertz CT molecular complexity index is 548. The molecule has 1 aliphatic rings. The highest BCUT2D eigenvalue weighted by Crippen LogP contribution is 2.08. The smallest absolute Gasteiger partial charge is 0.252 e. The van der Waals surface area contributed by atoms with Crippen molar-refractivity contribution in [3.05, 3.63) is 47.5 Å². The Morgan fingerprint density at radius 3 is 2.94 bits per heavy atom. The van der Waals surface area contributed by atoms with E-state index in [2.05, 4.69) is 5.32 Å². The molecule has 1 amide bonds. The molecule has 1 aromatic rings. The Morgan fingerprint density at radius 1 is 1.44 bits per heavy atom. The van der Waals surface area contributed by atoms with Gasteiger partial charge in [0.05, 0.1) is 4.86 Å². The lowest BCUT2D eigenvalue weighted by Crippen LogP contribution is -2.43. The van der Waals surface area contributed by atoms with Crippen LogP contribution in [0.1, 0.15) is 22.3 Å². The van der Waals surface area contributed by atoms with Crippen LogP contribution in [0.2, 0.25) is 0 Å². The summed E-state index contributed by atoms with van der Waals surface area (Å²) in [5.41, 5.74) is 1.55. The topological polar surface area (TPSA) is 46.2 Å². The number of benzene rings is 1. The second kappa shape index (κ2) is 5.23. The maximum absolute atomic E-state index is 12.0. The van der Waals surface area contributed by atoms with Crippen LogP contribution in [0.4, 0.5) is 0 Å². The molecule has 0 saturated carbocycles. The molecule has 0 radical (unpaired) electrons. The van der Waals surface area contributed by atoms with Gasteiger partial charge in [-0.1, -0.05) is 42.1 Å². The number of Topliss-reactive ketones (excluding diaryl/α,β-unsaturated/α-hetero) is 1. The molecular weight excluding hydrogens is 246 g/mol. The van der Waals surface area contributed by atoms with E-state index in [0.29, 0.717) is 16.8 Å². The zero-order chi connectivity index (χ0) is 13.1. The van der Waals surface area contributed by atoms with E-state index in [1.807, 2.05) is 25.1 Å². The number of carbonyl (C=O) groups is 2. The number of nitrogens with one attached hydrogen (secondary N) is 1. The molecule has 0 saturated heterocycles. The van der Waals surface area contributed by atoms with Crippen LogP contribution in [-0.2, 0) is 4.79 Å². The van der Waals surface area contributed by atoms with Crippen LogP contribution in [0.25, 0.3) is 0 Å². The Balaban J connectivity index is 2.12. The van der Waals surface area contributed by atoms with Crippen molar-refractivity contribution in [2.45, 2.75) is 19.4 Å². The molecule has 0 aromatic heterocycles. The van der Waals surface area contributed by atoms with Crippen molar-refractivity contribution in [3.63, 3.8) is 0 Å². The fraction of sp³-hybridized carbons (Fsp3) is 0.214. The van der Waals surface area contributed by atoms with E-state index in [1.165, 1.54) is 0 Å². The molecular formula is C14H13NO2S. The second-order valence-corrected chi connectivity index (χ2v) is 4.73. The number of hydrogen-bond acceptors (Lipinski definition) is 3. The van der Waals surface area contributed by atoms with E-state index in [4.69, 9.17) is 12.2 Å². The second-order valence-electron chi connectivity index (χ2n) is 4.24. The van der Waals surface area contributed by atoms with Gasteiger partial charge in [0, 0.05) is 12.0 Å². The molecule has 92 valence electrons. The van der Waals surface area contributed by atoms with Gasteiger partial charge in [-0.25, -0.2) is 0 Å². The van der Waals surface area contributed by atoms with Crippen molar-refractivity contribution >= 4 is 28.8 Å². The first-order valence-corrected chi connectivity index (χ1v) is 6.10. The van der Waals surface area contributed by atoms with Crippen LogP contribution in [0.5, 0.6) is 0 Å². The molecule has 1 N–H and O–H groups in total. The lowest BCUT2D eigenvalue weighted by Gasteiger charge is -2.17. The Labute approximate surface area is 111 Å². The average molecular weight is 259 g/mol. The fourth-order valence-electron chi connectivity index (χ4n) is 1.80. The van der Waals surface area contributed by atoms with Gasteiger partial charge in [0.2, 0.25) is 0 Å². The lowest BCUT2D eigenvalue weighted by molar-refractivity contribution is -0.113. The molecule has 18 heavy (non-hydrogen) atoms. The van der Waals surface area contributed by atoms with Crippen molar-refractivity contribution in [2.24, 2.45) is 0 Å². The minimum absolute atomic E-state index is 0.187. The van der Waals surface area contributed by atoms with E-state index in [9.17, 15) is 9.59 Å². The molecule has 3 nitrogen and oxygen atoms in total. The summed E-state index contributed by atoms with van der Waals surface area (Å²) in [6, 6.07) is 6.60. The molecule has 4 heteroatoms. The van der Waals surface area contributed by atoms with Gasteiger partial charge in [-0.05, 0) is 19.1 Å². The summed E-state index contributed by atoms with van der Waals surface area (Å²) in [6.45, 7) is 1.91. The van der Waals surface area contributed by atoms with Crippen molar-refractivity contribution in [1.29, 1.82) is 0 Å². The zero-order valence-corrected chi connectivity index (χ0v) is 10.8. The third-order valence-electron chi connectivity index (χ3n) is 2.76. The molecule has 0 bridgehead atoms. The molecule has 0 heterocycles. The van der Waals surface area contributed by atoms with Gasteiger partial charge in [-0.3, -0.25) is 9.59 Å². The van der Waals surface area contributed by atoms with Crippen molar-refractivity contribution in [1.82, 2.24) is 5.32 Å². The molecule has 1 unspecified atom stereocenters. The summed E-state index contributed by atoms with van der Waals surface area (Å²) in [7, 11) is 0.